The van der Waals surface area contributed by atoms with Crippen molar-refractivity contribution in [2.24, 2.45) is 0 Å². The van der Waals surface area contributed by atoms with E-state index in [0.717, 1.165) is 0 Å². The Balaban J connectivity index is 2.43. The summed E-state index contributed by atoms with van der Waals surface area (Å²) in [5.41, 5.74) is 0.560. The smallest absolute Gasteiger partial charge is 0.404 e. The first-order valence-corrected chi connectivity index (χ1v) is 6.55. The van der Waals surface area contributed by atoms with Crippen molar-refractivity contribution < 1.29 is 18.8 Å². The number of aryl methyl sites for hydroxylation is 1. The van der Waals surface area contributed by atoms with Gasteiger partial charge in [-0.15, -0.1) is 0 Å². The van der Waals surface area contributed by atoms with Crippen LogP contribution in [0.25, 0.3) is 11.3 Å². The molecule has 8 heteroatoms. The van der Waals surface area contributed by atoms with E-state index in [4.69, 9.17) is 32.5 Å². The van der Waals surface area contributed by atoms with Gasteiger partial charge in [0.25, 0.3) is 0 Å². The number of aromatic nitrogens is 1. The van der Waals surface area contributed by atoms with E-state index >= 15 is 0 Å². The number of amides is 2. The fourth-order valence-electron chi connectivity index (χ4n) is 1.63. The molecule has 1 N–H and O–H groups in total. The highest BCUT2D eigenvalue weighted by Crippen LogP contribution is 2.40. The van der Waals surface area contributed by atoms with Crippen molar-refractivity contribution in [3.05, 3.63) is 34.0 Å². The van der Waals surface area contributed by atoms with Crippen LogP contribution in [0.4, 0.5) is 4.79 Å². The van der Waals surface area contributed by atoms with Crippen LogP contribution in [0, 0.1) is 6.92 Å². The van der Waals surface area contributed by atoms with Crippen LogP contribution in [0.3, 0.4) is 0 Å². The standard InChI is InChI=1S/C13H10Cl2N2O4/c1-6-12(20-13(19)16-7(2)18)11(17-21-6)10-8(14)4-3-5-9(10)15/h3-5H,1-2H3,(H,16,18,19). The fourth-order valence-corrected chi connectivity index (χ4v) is 2.21. The van der Waals surface area contributed by atoms with E-state index in [1.165, 1.54) is 6.92 Å². The van der Waals surface area contributed by atoms with Gasteiger partial charge in [0, 0.05) is 19.4 Å². The third-order valence-corrected chi connectivity index (χ3v) is 3.11. The van der Waals surface area contributed by atoms with Crippen molar-refractivity contribution in [3.8, 4) is 17.0 Å². The number of halogens is 2. The highest BCUT2D eigenvalue weighted by molar-refractivity contribution is 6.39. The molecule has 21 heavy (non-hydrogen) atoms. The van der Waals surface area contributed by atoms with E-state index in [1.54, 1.807) is 25.1 Å². The van der Waals surface area contributed by atoms with Crippen LogP contribution in [0.5, 0.6) is 5.75 Å². The molecular weight excluding hydrogens is 319 g/mol. The maximum absolute atomic E-state index is 11.5. The second-order valence-corrected chi connectivity index (χ2v) is 4.90. The van der Waals surface area contributed by atoms with E-state index in [2.05, 4.69) is 5.16 Å². The number of imide groups is 1. The van der Waals surface area contributed by atoms with Gasteiger partial charge in [0.15, 0.2) is 11.5 Å². The highest BCUT2D eigenvalue weighted by atomic mass is 35.5. The first-order valence-electron chi connectivity index (χ1n) is 5.80. The molecule has 0 atom stereocenters. The largest absolute Gasteiger partial charge is 0.419 e. The lowest BCUT2D eigenvalue weighted by molar-refractivity contribution is -0.118. The maximum Gasteiger partial charge on any atom is 0.419 e. The van der Waals surface area contributed by atoms with Crippen LogP contribution < -0.4 is 10.1 Å². The molecule has 0 radical (unpaired) electrons. The van der Waals surface area contributed by atoms with Crippen LogP contribution in [-0.4, -0.2) is 17.2 Å². The lowest BCUT2D eigenvalue weighted by atomic mass is 10.1. The molecular formula is C13H10Cl2N2O4. The number of hydrogen-bond acceptors (Lipinski definition) is 5. The Morgan fingerprint density at radius 3 is 2.48 bits per heavy atom. The molecule has 0 aliphatic rings. The summed E-state index contributed by atoms with van der Waals surface area (Å²) in [6.07, 6.45) is -0.946. The highest BCUT2D eigenvalue weighted by Gasteiger charge is 2.23. The molecule has 2 aromatic rings. The summed E-state index contributed by atoms with van der Waals surface area (Å²) in [6, 6.07) is 4.91. The topological polar surface area (TPSA) is 81.4 Å². The van der Waals surface area contributed by atoms with Crippen LogP contribution in [0.1, 0.15) is 12.7 Å². The zero-order valence-corrected chi connectivity index (χ0v) is 12.6. The molecule has 2 rings (SSSR count). The Bertz CT molecular complexity index is 692. The second-order valence-electron chi connectivity index (χ2n) is 4.08. The summed E-state index contributed by atoms with van der Waals surface area (Å²) in [7, 11) is 0. The Hall–Kier alpha value is -2.05. The third kappa shape index (κ3) is 3.34. The first kappa shape index (κ1) is 15.3. The fraction of sp³-hybridized carbons (Fsp3) is 0.154. The molecule has 0 fully saturated rings. The van der Waals surface area contributed by atoms with Crippen molar-refractivity contribution in [3.63, 3.8) is 0 Å². The van der Waals surface area contributed by atoms with Gasteiger partial charge in [-0.25, -0.2) is 4.79 Å². The van der Waals surface area contributed by atoms with Gasteiger partial charge in [0.1, 0.15) is 0 Å². The van der Waals surface area contributed by atoms with Gasteiger partial charge < -0.3 is 9.26 Å². The van der Waals surface area contributed by atoms with Gasteiger partial charge in [-0.2, -0.15) is 0 Å². The van der Waals surface area contributed by atoms with E-state index in [0.29, 0.717) is 15.6 Å². The van der Waals surface area contributed by atoms with Crippen molar-refractivity contribution in [2.45, 2.75) is 13.8 Å². The Morgan fingerprint density at radius 2 is 1.90 bits per heavy atom. The molecule has 0 saturated carbocycles. The minimum atomic E-state index is -0.946. The zero-order valence-electron chi connectivity index (χ0n) is 11.1. The van der Waals surface area contributed by atoms with E-state index < -0.39 is 12.0 Å². The molecule has 1 heterocycles. The van der Waals surface area contributed by atoms with Crippen LogP contribution in [-0.2, 0) is 4.79 Å². The van der Waals surface area contributed by atoms with Gasteiger partial charge in [0.05, 0.1) is 10.0 Å². The predicted molar refractivity (Wildman–Crippen MR) is 76.5 cm³/mol. The normalized spacial score (nSPS) is 10.3. The van der Waals surface area contributed by atoms with E-state index in [1.807, 2.05) is 5.32 Å². The summed E-state index contributed by atoms with van der Waals surface area (Å²) in [6.45, 7) is 2.74. The predicted octanol–water partition coefficient (Wildman–Crippen LogP) is 3.59. The summed E-state index contributed by atoms with van der Waals surface area (Å²) in [4.78, 5) is 22.4. The lowest BCUT2D eigenvalue weighted by Crippen LogP contribution is -2.31. The zero-order chi connectivity index (χ0) is 15.6. The second kappa shape index (κ2) is 6.15. The SMILES string of the molecule is CC(=O)NC(=O)Oc1c(-c2c(Cl)cccc2Cl)noc1C. The first-order chi connectivity index (χ1) is 9.90. The van der Waals surface area contributed by atoms with Gasteiger partial charge in [0.2, 0.25) is 11.7 Å². The molecule has 1 aromatic carbocycles. The molecule has 2 amide bonds. The molecule has 0 aliphatic carbocycles. The van der Waals surface area contributed by atoms with Gasteiger partial charge in [-0.05, 0) is 12.1 Å². The monoisotopic (exact) mass is 328 g/mol. The summed E-state index contributed by atoms with van der Waals surface area (Å²) in [5, 5.41) is 6.44. The molecule has 1 aromatic heterocycles. The number of rotatable bonds is 2. The van der Waals surface area contributed by atoms with Crippen molar-refractivity contribution in [1.29, 1.82) is 0 Å². The number of carbonyl (C=O) groups excluding carboxylic acids is 2. The van der Waals surface area contributed by atoms with E-state index in [9.17, 15) is 9.59 Å². The van der Waals surface area contributed by atoms with Crippen molar-refractivity contribution in [1.82, 2.24) is 10.5 Å². The number of benzene rings is 1. The molecule has 0 spiro atoms. The average molecular weight is 329 g/mol. The molecule has 0 bridgehead atoms. The quantitative estimate of drug-likeness (QED) is 0.910. The number of carbonyl (C=O) groups is 2. The lowest BCUT2D eigenvalue weighted by Gasteiger charge is -2.07. The van der Waals surface area contributed by atoms with Gasteiger partial charge in [-0.1, -0.05) is 34.4 Å². The molecule has 0 aliphatic heterocycles. The van der Waals surface area contributed by atoms with Crippen molar-refractivity contribution >= 4 is 35.2 Å². The minimum Gasteiger partial charge on any atom is -0.404 e. The van der Waals surface area contributed by atoms with Gasteiger partial charge >= 0.3 is 6.09 Å². The van der Waals surface area contributed by atoms with Gasteiger partial charge in [-0.3, -0.25) is 10.1 Å². The number of nitrogens with one attached hydrogen (secondary N) is 1. The maximum atomic E-state index is 11.5. The van der Waals surface area contributed by atoms with Crippen LogP contribution in [0.15, 0.2) is 22.7 Å². The molecule has 0 unspecified atom stereocenters. The molecule has 0 saturated heterocycles. The average Bonchev–Trinajstić information content (AvgIpc) is 2.70. The Morgan fingerprint density at radius 1 is 1.29 bits per heavy atom. The third-order valence-electron chi connectivity index (χ3n) is 2.48. The number of hydrogen-bond donors (Lipinski definition) is 1. The number of nitrogens with zero attached hydrogens (tertiary/aromatic N) is 1. The Labute approximate surface area is 130 Å². The summed E-state index contributed by atoms with van der Waals surface area (Å²) in [5.74, 6) is -0.255. The number of ether oxygens (including phenoxy) is 1. The summed E-state index contributed by atoms with van der Waals surface area (Å²) < 4.78 is 10.1. The van der Waals surface area contributed by atoms with Crippen LogP contribution >= 0.6 is 23.2 Å². The summed E-state index contributed by atoms with van der Waals surface area (Å²) >= 11 is 12.2. The van der Waals surface area contributed by atoms with E-state index in [-0.39, 0.29) is 17.2 Å². The Kier molecular flexibility index (Phi) is 4.50. The molecule has 6 nitrogen and oxygen atoms in total. The minimum absolute atomic E-state index is 0.0451. The van der Waals surface area contributed by atoms with Crippen molar-refractivity contribution in [2.75, 3.05) is 0 Å². The van der Waals surface area contributed by atoms with Crippen LogP contribution in [0.2, 0.25) is 10.0 Å². The molecule has 110 valence electrons.